The van der Waals surface area contributed by atoms with Crippen molar-refractivity contribution in [3.63, 3.8) is 0 Å². The van der Waals surface area contributed by atoms with Crippen LogP contribution in [0.25, 0.3) is 0 Å². The standard InChI is InChI=1S/C14H24O5/c1-7-18-11(17)14(6,10(15)16)9-8-12(2,3)19-13(9,4)5/h9H,7-8H2,1-6H3,(H,15,16). The summed E-state index contributed by atoms with van der Waals surface area (Å²) >= 11 is 0. The van der Waals surface area contributed by atoms with Gasteiger partial charge in [0.25, 0.3) is 0 Å². The lowest BCUT2D eigenvalue weighted by Gasteiger charge is -2.36. The highest BCUT2D eigenvalue weighted by atomic mass is 16.5. The molecule has 0 amide bonds. The zero-order chi connectivity index (χ0) is 15.1. The predicted molar refractivity (Wildman–Crippen MR) is 69.7 cm³/mol. The molecule has 0 spiro atoms. The molecule has 1 heterocycles. The average molecular weight is 272 g/mol. The SMILES string of the molecule is CCOC(=O)C(C)(C(=O)O)C1CC(C)(C)OC1(C)C. The van der Waals surface area contributed by atoms with E-state index >= 15 is 0 Å². The van der Waals surface area contributed by atoms with Crippen LogP contribution in [0.3, 0.4) is 0 Å². The zero-order valence-corrected chi connectivity index (χ0v) is 12.6. The summed E-state index contributed by atoms with van der Waals surface area (Å²) in [5.41, 5.74) is -2.73. The van der Waals surface area contributed by atoms with Crippen LogP contribution in [0, 0.1) is 11.3 Å². The smallest absolute Gasteiger partial charge is 0.323 e. The van der Waals surface area contributed by atoms with E-state index < -0.39 is 34.5 Å². The summed E-state index contributed by atoms with van der Waals surface area (Å²) in [5, 5.41) is 9.54. The van der Waals surface area contributed by atoms with Gasteiger partial charge in [-0.05, 0) is 48.0 Å². The molecule has 2 atom stereocenters. The summed E-state index contributed by atoms with van der Waals surface area (Å²) in [6, 6.07) is 0. The summed E-state index contributed by atoms with van der Waals surface area (Å²) in [5.74, 6) is -2.29. The van der Waals surface area contributed by atoms with Gasteiger partial charge in [0.05, 0.1) is 17.8 Å². The van der Waals surface area contributed by atoms with Crippen LogP contribution in [-0.2, 0) is 19.1 Å². The molecule has 5 heteroatoms. The quantitative estimate of drug-likeness (QED) is 0.627. The molecule has 5 nitrogen and oxygen atoms in total. The maximum absolute atomic E-state index is 12.1. The van der Waals surface area contributed by atoms with Gasteiger partial charge in [0.15, 0.2) is 5.41 Å². The van der Waals surface area contributed by atoms with Crippen molar-refractivity contribution in [3.8, 4) is 0 Å². The summed E-state index contributed by atoms with van der Waals surface area (Å²) in [6.45, 7) is 10.7. The molecule has 1 aliphatic heterocycles. The van der Waals surface area contributed by atoms with Gasteiger partial charge in [-0.1, -0.05) is 0 Å². The number of esters is 1. The van der Waals surface area contributed by atoms with Gasteiger partial charge in [0.1, 0.15) is 0 Å². The van der Waals surface area contributed by atoms with Gasteiger partial charge < -0.3 is 14.6 Å². The first-order chi connectivity index (χ1) is 8.47. The van der Waals surface area contributed by atoms with Gasteiger partial charge in [-0.15, -0.1) is 0 Å². The first-order valence-corrected chi connectivity index (χ1v) is 6.58. The van der Waals surface area contributed by atoms with Gasteiger partial charge in [-0.25, -0.2) is 0 Å². The Hall–Kier alpha value is -1.10. The first kappa shape index (κ1) is 16.0. The zero-order valence-electron chi connectivity index (χ0n) is 12.6. The van der Waals surface area contributed by atoms with Crippen molar-refractivity contribution in [1.29, 1.82) is 0 Å². The molecule has 19 heavy (non-hydrogen) atoms. The Labute approximate surface area is 114 Å². The maximum Gasteiger partial charge on any atom is 0.323 e. The second-order valence-electron chi connectivity index (χ2n) is 6.45. The van der Waals surface area contributed by atoms with Crippen molar-refractivity contribution in [1.82, 2.24) is 0 Å². The molecule has 1 saturated heterocycles. The summed E-state index contributed by atoms with van der Waals surface area (Å²) in [7, 11) is 0. The third-order valence-corrected chi connectivity index (χ3v) is 3.91. The molecule has 0 aliphatic carbocycles. The maximum atomic E-state index is 12.1. The van der Waals surface area contributed by atoms with Crippen LogP contribution < -0.4 is 0 Å². The van der Waals surface area contributed by atoms with E-state index in [1.807, 2.05) is 27.7 Å². The van der Waals surface area contributed by atoms with E-state index in [9.17, 15) is 14.7 Å². The number of carboxylic acids is 1. The van der Waals surface area contributed by atoms with Gasteiger partial charge in [0.2, 0.25) is 0 Å². The van der Waals surface area contributed by atoms with E-state index in [0.29, 0.717) is 6.42 Å². The topological polar surface area (TPSA) is 72.8 Å². The highest BCUT2D eigenvalue weighted by molar-refractivity contribution is 5.99. The molecule has 1 N–H and O–H groups in total. The Kier molecular flexibility index (Phi) is 4.01. The minimum atomic E-state index is -1.59. The Balaban J connectivity index is 3.20. The van der Waals surface area contributed by atoms with E-state index in [2.05, 4.69) is 0 Å². The fourth-order valence-electron chi connectivity index (χ4n) is 3.12. The van der Waals surface area contributed by atoms with Gasteiger partial charge in [0, 0.05) is 5.92 Å². The minimum Gasteiger partial charge on any atom is -0.480 e. The molecule has 1 aliphatic rings. The molecule has 0 bridgehead atoms. The van der Waals surface area contributed by atoms with Crippen molar-refractivity contribution in [2.24, 2.45) is 11.3 Å². The van der Waals surface area contributed by atoms with Crippen LogP contribution in [0.15, 0.2) is 0 Å². The molecule has 1 rings (SSSR count). The molecule has 0 radical (unpaired) electrons. The number of carbonyl (C=O) groups excluding carboxylic acids is 1. The second-order valence-corrected chi connectivity index (χ2v) is 6.45. The Morgan fingerprint density at radius 1 is 1.37 bits per heavy atom. The lowest BCUT2D eigenvalue weighted by atomic mass is 9.67. The molecular weight excluding hydrogens is 248 g/mol. The number of rotatable bonds is 4. The molecular formula is C14H24O5. The normalized spacial score (nSPS) is 27.6. The minimum absolute atomic E-state index is 0.166. The molecule has 1 fully saturated rings. The third kappa shape index (κ3) is 2.76. The van der Waals surface area contributed by atoms with Gasteiger partial charge in [-0.3, -0.25) is 9.59 Å². The molecule has 110 valence electrons. The highest BCUT2D eigenvalue weighted by Crippen LogP contribution is 2.51. The van der Waals surface area contributed by atoms with Crippen molar-refractivity contribution in [2.75, 3.05) is 6.61 Å². The van der Waals surface area contributed by atoms with Crippen LogP contribution in [0.2, 0.25) is 0 Å². The second kappa shape index (κ2) is 4.78. The van der Waals surface area contributed by atoms with Crippen LogP contribution in [0.1, 0.15) is 48.0 Å². The van der Waals surface area contributed by atoms with Crippen LogP contribution in [-0.4, -0.2) is 34.9 Å². The Morgan fingerprint density at radius 3 is 2.21 bits per heavy atom. The lowest BCUT2D eigenvalue weighted by molar-refractivity contribution is -0.177. The van der Waals surface area contributed by atoms with E-state index in [0.717, 1.165) is 0 Å². The van der Waals surface area contributed by atoms with Gasteiger partial charge >= 0.3 is 11.9 Å². The predicted octanol–water partition coefficient (Wildman–Crippen LogP) is 2.23. The number of aliphatic carboxylic acids is 1. The number of hydrogen-bond donors (Lipinski definition) is 1. The highest BCUT2D eigenvalue weighted by Gasteiger charge is 2.61. The van der Waals surface area contributed by atoms with E-state index in [1.54, 1.807) is 6.92 Å². The third-order valence-electron chi connectivity index (χ3n) is 3.91. The number of hydrogen-bond acceptors (Lipinski definition) is 4. The number of carboxylic acid groups (broad SMARTS) is 1. The average Bonchev–Trinajstić information content (AvgIpc) is 2.45. The van der Waals surface area contributed by atoms with Crippen LogP contribution >= 0.6 is 0 Å². The Morgan fingerprint density at radius 2 is 1.89 bits per heavy atom. The lowest BCUT2D eigenvalue weighted by Crippen LogP contribution is -2.50. The largest absolute Gasteiger partial charge is 0.480 e. The van der Waals surface area contributed by atoms with Crippen molar-refractivity contribution >= 4 is 11.9 Å². The monoisotopic (exact) mass is 272 g/mol. The summed E-state index contributed by atoms with van der Waals surface area (Å²) in [6.07, 6.45) is 0.502. The Bertz CT molecular complexity index is 385. The number of ether oxygens (including phenoxy) is 2. The molecule has 0 saturated carbocycles. The van der Waals surface area contributed by atoms with Crippen molar-refractivity contribution in [3.05, 3.63) is 0 Å². The summed E-state index contributed by atoms with van der Waals surface area (Å²) in [4.78, 5) is 23.8. The van der Waals surface area contributed by atoms with E-state index in [1.165, 1.54) is 6.92 Å². The molecule has 2 unspecified atom stereocenters. The van der Waals surface area contributed by atoms with E-state index in [-0.39, 0.29) is 6.61 Å². The fourth-order valence-corrected chi connectivity index (χ4v) is 3.12. The van der Waals surface area contributed by atoms with Crippen LogP contribution in [0.5, 0.6) is 0 Å². The van der Waals surface area contributed by atoms with E-state index in [4.69, 9.17) is 9.47 Å². The number of carbonyl (C=O) groups is 2. The molecule has 0 aromatic heterocycles. The van der Waals surface area contributed by atoms with Crippen molar-refractivity contribution in [2.45, 2.75) is 59.2 Å². The molecule has 0 aromatic rings. The fraction of sp³-hybridized carbons (Fsp3) is 0.857. The summed E-state index contributed by atoms with van der Waals surface area (Å²) < 4.78 is 10.9. The van der Waals surface area contributed by atoms with Gasteiger partial charge in [-0.2, -0.15) is 0 Å². The first-order valence-electron chi connectivity index (χ1n) is 6.58. The van der Waals surface area contributed by atoms with Crippen molar-refractivity contribution < 1.29 is 24.2 Å². The molecule has 0 aromatic carbocycles. The van der Waals surface area contributed by atoms with Crippen LogP contribution in [0.4, 0.5) is 0 Å².